The van der Waals surface area contributed by atoms with Gasteiger partial charge >= 0.3 is 0 Å². The Bertz CT molecular complexity index is 333. The van der Waals surface area contributed by atoms with E-state index in [9.17, 15) is 0 Å². The van der Waals surface area contributed by atoms with Gasteiger partial charge in [0.2, 0.25) is 0 Å². The van der Waals surface area contributed by atoms with Crippen LogP contribution >= 0.6 is 11.3 Å². The van der Waals surface area contributed by atoms with Gasteiger partial charge in [-0.2, -0.15) is 0 Å². The molecule has 0 atom stereocenters. The van der Waals surface area contributed by atoms with Gasteiger partial charge in [-0.1, -0.05) is 20.8 Å². The molecule has 1 heterocycles. The first-order valence-corrected chi connectivity index (χ1v) is 4.96. The van der Waals surface area contributed by atoms with E-state index in [-0.39, 0.29) is 11.3 Å². The van der Waals surface area contributed by atoms with Crippen LogP contribution in [0.5, 0.6) is 0 Å². The molecule has 0 aliphatic carbocycles. The van der Waals surface area contributed by atoms with Crippen molar-refractivity contribution in [3.63, 3.8) is 0 Å². The molecule has 0 unspecified atom stereocenters. The van der Waals surface area contributed by atoms with E-state index in [2.05, 4.69) is 25.8 Å². The summed E-state index contributed by atoms with van der Waals surface area (Å²) in [6.07, 6.45) is 0. The van der Waals surface area contributed by atoms with Crippen molar-refractivity contribution >= 4 is 17.2 Å². The van der Waals surface area contributed by atoms with Gasteiger partial charge in [-0.15, -0.1) is 11.3 Å². The van der Waals surface area contributed by atoms with Crippen molar-refractivity contribution in [1.82, 2.24) is 4.98 Å². The van der Waals surface area contributed by atoms with E-state index < -0.39 is 0 Å². The number of nitrogens with two attached hydrogens (primary N) is 1. The van der Waals surface area contributed by atoms with E-state index in [1.807, 2.05) is 6.92 Å². The number of hydrogen-bond acceptors (Lipinski definition) is 3. The Morgan fingerprint density at radius 2 is 2.00 bits per heavy atom. The first-order valence-electron chi connectivity index (χ1n) is 4.14. The molecule has 0 saturated heterocycles. The minimum Gasteiger partial charge on any atom is -0.383 e. The molecule has 0 amide bonds. The molecule has 0 bridgehead atoms. The summed E-state index contributed by atoms with van der Waals surface area (Å²) >= 11 is 1.51. The Balaban J connectivity index is 3.17. The maximum absolute atomic E-state index is 7.34. The molecule has 72 valence electrons. The number of rotatable bonds is 1. The van der Waals surface area contributed by atoms with Crippen LogP contribution in [-0.4, -0.2) is 10.8 Å². The van der Waals surface area contributed by atoms with E-state index in [0.29, 0.717) is 0 Å². The second-order valence-corrected chi connectivity index (χ2v) is 5.10. The van der Waals surface area contributed by atoms with Crippen LogP contribution in [0.4, 0.5) is 0 Å². The summed E-state index contributed by atoms with van der Waals surface area (Å²) < 4.78 is 0. The molecule has 13 heavy (non-hydrogen) atoms. The third-order valence-corrected chi connectivity index (χ3v) is 3.30. The van der Waals surface area contributed by atoms with Gasteiger partial charge in [0.25, 0.3) is 0 Å². The van der Waals surface area contributed by atoms with Crippen LogP contribution in [-0.2, 0) is 5.41 Å². The van der Waals surface area contributed by atoms with Crippen molar-refractivity contribution in [2.24, 2.45) is 5.73 Å². The maximum Gasteiger partial charge on any atom is 0.135 e. The number of thiazole rings is 1. The molecular weight excluding hydrogens is 182 g/mol. The van der Waals surface area contributed by atoms with Gasteiger partial charge in [0, 0.05) is 5.41 Å². The summed E-state index contributed by atoms with van der Waals surface area (Å²) in [6.45, 7) is 8.21. The third kappa shape index (κ3) is 2.06. The summed E-state index contributed by atoms with van der Waals surface area (Å²) in [6, 6.07) is 0. The number of nitrogens with one attached hydrogen (secondary N) is 1. The maximum atomic E-state index is 7.34. The van der Waals surface area contributed by atoms with Crippen LogP contribution in [0.25, 0.3) is 0 Å². The van der Waals surface area contributed by atoms with Crippen LogP contribution in [0.2, 0.25) is 0 Å². The summed E-state index contributed by atoms with van der Waals surface area (Å²) in [5.41, 5.74) is 6.33. The number of nitrogens with zero attached hydrogens (tertiary/aromatic N) is 1. The second kappa shape index (κ2) is 3.10. The van der Waals surface area contributed by atoms with Gasteiger partial charge in [-0.25, -0.2) is 4.98 Å². The Hall–Kier alpha value is -0.900. The summed E-state index contributed by atoms with van der Waals surface area (Å²) in [7, 11) is 0. The Kier molecular flexibility index (Phi) is 2.43. The number of aryl methyl sites for hydroxylation is 1. The third-order valence-electron chi connectivity index (χ3n) is 1.68. The van der Waals surface area contributed by atoms with E-state index in [1.165, 1.54) is 11.3 Å². The van der Waals surface area contributed by atoms with Crippen molar-refractivity contribution in [2.45, 2.75) is 33.1 Å². The minimum absolute atomic E-state index is 0.0448. The van der Waals surface area contributed by atoms with Crippen LogP contribution in [0.3, 0.4) is 0 Å². The zero-order valence-corrected chi connectivity index (χ0v) is 9.25. The van der Waals surface area contributed by atoms with Gasteiger partial charge in [0.1, 0.15) is 5.84 Å². The summed E-state index contributed by atoms with van der Waals surface area (Å²) in [5, 5.41) is 8.38. The second-order valence-electron chi connectivity index (χ2n) is 4.10. The van der Waals surface area contributed by atoms with Crippen molar-refractivity contribution < 1.29 is 0 Å². The highest BCUT2D eigenvalue weighted by molar-refractivity contribution is 7.14. The lowest BCUT2D eigenvalue weighted by Gasteiger charge is -2.13. The smallest absolute Gasteiger partial charge is 0.135 e. The number of amidine groups is 1. The monoisotopic (exact) mass is 197 g/mol. The molecule has 0 aliphatic rings. The molecule has 0 radical (unpaired) electrons. The molecule has 1 rings (SSSR count). The standard InChI is InChI=1S/C9H15N3S/c1-5-6(7(10)11)13-8(12-5)9(2,3)4/h1-4H3,(H3,10,11). The van der Waals surface area contributed by atoms with Crippen molar-refractivity contribution in [3.8, 4) is 0 Å². The van der Waals surface area contributed by atoms with E-state index in [0.717, 1.165) is 15.6 Å². The molecule has 3 N–H and O–H groups in total. The quantitative estimate of drug-likeness (QED) is 0.534. The fourth-order valence-electron chi connectivity index (χ4n) is 0.967. The molecule has 0 spiro atoms. The molecule has 0 aliphatic heterocycles. The van der Waals surface area contributed by atoms with Crippen molar-refractivity contribution in [2.75, 3.05) is 0 Å². The largest absolute Gasteiger partial charge is 0.383 e. The normalized spacial score (nSPS) is 11.7. The molecule has 0 saturated carbocycles. The lowest BCUT2D eigenvalue weighted by atomic mass is 9.98. The van der Waals surface area contributed by atoms with E-state index in [4.69, 9.17) is 11.1 Å². The zero-order chi connectivity index (χ0) is 10.2. The lowest BCUT2D eigenvalue weighted by molar-refractivity contribution is 0.584. The Labute approximate surface area is 82.5 Å². The molecule has 3 nitrogen and oxygen atoms in total. The van der Waals surface area contributed by atoms with Gasteiger partial charge in [-0.3, -0.25) is 5.41 Å². The fourth-order valence-corrected chi connectivity index (χ4v) is 1.95. The summed E-state index contributed by atoms with van der Waals surface area (Å²) in [5.74, 6) is 0.116. The Morgan fingerprint density at radius 1 is 1.46 bits per heavy atom. The fraction of sp³-hybridized carbons (Fsp3) is 0.556. The van der Waals surface area contributed by atoms with Crippen LogP contribution in [0.1, 0.15) is 36.3 Å². The number of aromatic nitrogens is 1. The lowest BCUT2D eigenvalue weighted by Crippen LogP contribution is -2.10. The first-order chi connectivity index (χ1) is 5.82. The molecular formula is C9H15N3S. The highest BCUT2D eigenvalue weighted by Crippen LogP contribution is 2.28. The van der Waals surface area contributed by atoms with Gasteiger partial charge in [0.05, 0.1) is 15.6 Å². The average molecular weight is 197 g/mol. The highest BCUT2D eigenvalue weighted by atomic mass is 32.1. The predicted molar refractivity (Wildman–Crippen MR) is 56.6 cm³/mol. The SMILES string of the molecule is Cc1nc(C(C)(C)C)sc1C(=N)N. The average Bonchev–Trinajstić information content (AvgIpc) is 2.29. The molecule has 1 aromatic rings. The summed E-state index contributed by atoms with van der Waals surface area (Å²) in [4.78, 5) is 5.20. The van der Waals surface area contributed by atoms with E-state index in [1.54, 1.807) is 0 Å². The zero-order valence-electron chi connectivity index (χ0n) is 8.43. The van der Waals surface area contributed by atoms with Crippen molar-refractivity contribution in [3.05, 3.63) is 15.6 Å². The minimum atomic E-state index is 0.0448. The van der Waals surface area contributed by atoms with Crippen molar-refractivity contribution in [1.29, 1.82) is 5.41 Å². The molecule has 0 aromatic carbocycles. The Morgan fingerprint density at radius 3 is 2.23 bits per heavy atom. The van der Waals surface area contributed by atoms with Crippen LogP contribution in [0.15, 0.2) is 0 Å². The van der Waals surface area contributed by atoms with Gasteiger partial charge in [0.15, 0.2) is 0 Å². The van der Waals surface area contributed by atoms with Crippen LogP contribution in [0, 0.1) is 12.3 Å². The predicted octanol–water partition coefficient (Wildman–Crippen LogP) is 2.03. The van der Waals surface area contributed by atoms with Crippen LogP contribution < -0.4 is 5.73 Å². The van der Waals surface area contributed by atoms with Gasteiger partial charge in [-0.05, 0) is 6.92 Å². The van der Waals surface area contributed by atoms with E-state index >= 15 is 0 Å². The number of hydrogen-bond donors (Lipinski definition) is 2. The van der Waals surface area contributed by atoms with Gasteiger partial charge < -0.3 is 5.73 Å². The number of nitrogen functional groups attached to an aromatic ring is 1. The topological polar surface area (TPSA) is 62.8 Å². The molecule has 1 aromatic heterocycles. The first kappa shape index (κ1) is 10.2. The highest BCUT2D eigenvalue weighted by Gasteiger charge is 2.20. The molecule has 0 fully saturated rings. The molecule has 4 heteroatoms.